The Morgan fingerprint density at radius 2 is 2.09 bits per heavy atom. The van der Waals surface area contributed by atoms with Crippen molar-refractivity contribution < 1.29 is 14.3 Å². The van der Waals surface area contributed by atoms with Gasteiger partial charge in [-0.1, -0.05) is 12.1 Å². The number of rotatable bonds is 6. The minimum absolute atomic E-state index is 0.113. The van der Waals surface area contributed by atoms with Gasteiger partial charge in [-0.3, -0.25) is 15.6 Å². The maximum Gasteiger partial charge on any atom is 0.411 e. The lowest BCUT2D eigenvalue weighted by Crippen LogP contribution is -2.40. The molecule has 5 N–H and O–H groups in total. The van der Waals surface area contributed by atoms with Gasteiger partial charge >= 0.3 is 6.09 Å². The molecule has 1 atom stereocenters. The van der Waals surface area contributed by atoms with Gasteiger partial charge < -0.3 is 20.5 Å². The number of nitrogen functional groups attached to an aromatic ring is 1. The Morgan fingerprint density at radius 3 is 2.76 bits per heavy atom. The second kappa shape index (κ2) is 11.3. The Balaban J connectivity index is 1.72. The molecule has 1 aromatic rings. The number of nitrogens with one attached hydrogen (secondary N) is 3. The number of benzene rings is 1. The summed E-state index contributed by atoms with van der Waals surface area (Å²) in [7, 11) is 0. The molecule has 1 fully saturated rings. The highest BCUT2D eigenvalue weighted by molar-refractivity contribution is 6.03. The van der Waals surface area contributed by atoms with Crippen LogP contribution in [0, 0.1) is 11.3 Å². The standard InChI is InChI=1S/C25H36N6O3/c1-17(28-24(32)34-25(2,3)4)12-22(27)30-23-14-18(16-31-8-10-33-11-9-31)13-21(29-23)19-6-5-7-20(26)15-19/h5-7,12,14-15,18H,8-11,13,16,26H2,1-4H3,(H2,27,30)(H,28,32)/b17-12-. The highest BCUT2D eigenvalue weighted by Crippen LogP contribution is 2.23. The fourth-order valence-electron chi connectivity index (χ4n) is 3.85. The summed E-state index contributed by atoms with van der Waals surface area (Å²) in [5.74, 6) is 0.947. The summed E-state index contributed by atoms with van der Waals surface area (Å²) in [6, 6.07) is 7.71. The fraction of sp³-hybridized carbons (Fsp3) is 0.480. The lowest BCUT2D eigenvalue weighted by atomic mass is 9.94. The van der Waals surface area contributed by atoms with Crippen molar-refractivity contribution in [2.75, 3.05) is 38.6 Å². The van der Waals surface area contributed by atoms with E-state index in [9.17, 15) is 4.79 Å². The minimum atomic E-state index is -0.593. The van der Waals surface area contributed by atoms with E-state index in [0.29, 0.717) is 17.2 Å². The van der Waals surface area contributed by atoms with E-state index in [0.717, 1.165) is 50.5 Å². The van der Waals surface area contributed by atoms with Gasteiger partial charge in [0, 0.05) is 31.0 Å². The third kappa shape index (κ3) is 8.31. The second-order valence-electron chi connectivity index (χ2n) is 9.61. The van der Waals surface area contributed by atoms with Crippen LogP contribution < -0.4 is 16.4 Å². The first-order valence-electron chi connectivity index (χ1n) is 11.6. The van der Waals surface area contributed by atoms with E-state index < -0.39 is 11.7 Å². The topological polar surface area (TPSA) is 125 Å². The number of carbonyl (C=O) groups excluding carboxylic acids is 1. The number of amides is 1. The normalized spacial score (nSPS) is 19.6. The largest absolute Gasteiger partial charge is 0.444 e. The summed E-state index contributed by atoms with van der Waals surface area (Å²) in [5, 5.41) is 14.1. The predicted octanol–water partition coefficient (Wildman–Crippen LogP) is 3.25. The zero-order chi connectivity index (χ0) is 24.7. The van der Waals surface area contributed by atoms with Crippen LogP contribution in [-0.2, 0) is 9.47 Å². The third-order valence-electron chi connectivity index (χ3n) is 5.24. The first-order chi connectivity index (χ1) is 16.1. The lowest BCUT2D eigenvalue weighted by molar-refractivity contribution is 0.0336. The Bertz CT molecular complexity index is 987. The predicted molar refractivity (Wildman–Crippen MR) is 135 cm³/mol. The highest BCUT2D eigenvalue weighted by atomic mass is 16.6. The second-order valence-corrected chi connectivity index (χ2v) is 9.61. The van der Waals surface area contributed by atoms with Gasteiger partial charge in [0.25, 0.3) is 0 Å². The van der Waals surface area contributed by atoms with Crippen LogP contribution in [0.3, 0.4) is 0 Å². The van der Waals surface area contributed by atoms with Gasteiger partial charge in [0.05, 0.1) is 18.9 Å². The summed E-state index contributed by atoms with van der Waals surface area (Å²) >= 11 is 0. The van der Waals surface area contributed by atoms with E-state index >= 15 is 0 Å². The number of hydrogen-bond acceptors (Lipinski definition) is 7. The summed E-state index contributed by atoms with van der Waals surface area (Å²) in [6.07, 6.45) is 3.84. The molecular formula is C25H36N6O3. The molecule has 2 aliphatic rings. The molecule has 3 rings (SSSR count). The molecule has 1 amide bonds. The molecule has 34 heavy (non-hydrogen) atoms. The average Bonchev–Trinajstić information content (AvgIpc) is 2.72. The summed E-state index contributed by atoms with van der Waals surface area (Å²) in [5.41, 5.74) is 8.50. The molecular weight excluding hydrogens is 432 g/mol. The van der Waals surface area contributed by atoms with E-state index in [1.807, 2.05) is 24.3 Å². The van der Waals surface area contributed by atoms with Crippen LogP contribution in [0.4, 0.5) is 10.5 Å². The van der Waals surface area contributed by atoms with Crippen molar-refractivity contribution in [3.05, 3.63) is 53.5 Å². The van der Waals surface area contributed by atoms with E-state index in [4.69, 9.17) is 25.6 Å². The van der Waals surface area contributed by atoms with Crippen LogP contribution >= 0.6 is 0 Å². The number of ether oxygens (including phenoxy) is 2. The number of alkyl carbamates (subject to hydrolysis) is 1. The Labute approximate surface area is 201 Å². The number of nitrogens with two attached hydrogens (primary N) is 1. The zero-order valence-electron chi connectivity index (χ0n) is 20.5. The van der Waals surface area contributed by atoms with Gasteiger partial charge in [0.15, 0.2) is 0 Å². The number of amidine groups is 1. The van der Waals surface area contributed by atoms with Crippen molar-refractivity contribution in [2.45, 2.75) is 39.7 Å². The average molecular weight is 469 g/mol. The number of hydrogen-bond donors (Lipinski definition) is 4. The van der Waals surface area contributed by atoms with Gasteiger partial charge in [-0.05, 0) is 69.9 Å². The number of anilines is 1. The first-order valence-corrected chi connectivity index (χ1v) is 11.6. The van der Waals surface area contributed by atoms with Crippen molar-refractivity contribution >= 4 is 23.3 Å². The van der Waals surface area contributed by atoms with E-state index in [1.54, 1.807) is 27.7 Å². The maximum absolute atomic E-state index is 12.0. The summed E-state index contributed by atoms with van der Waals surface area (Å²) < 4.78 is 10.7. The quantitative estimate of drug-likeness (QED) is 0.289. The van der Waals surface area contributed by atoms with Crippen LogP contribution in [0.1, 0.15) is 39.7 Å². The molecule has 1 unspecified atom stereocenters. The Kier molecular flexibility index (Phi) is 8.46. The molecule has 2 aliphatic heterocycles. The van der Waals surface area contributed by atoms with Gasteiger partial charge in [0.1, 0.15) is 17.3 Å². The molecule has 9 heteroatoms. The lowest BCUT2D eigenvalue weighted by Gasteiger charge is -2.31. The third-order valence-corrected chi connectivity index (χ3v) is 5.24. The van der Waals surface area contributed by atoms with Crippen molar-refractivity contribution in [3.63, 3.8) is 0 Å². The SMILES string of the molecule is C/C(=C/C(=N)NC1=CC(CN2CCOCC2)CC(c2cccc(N)c2)=N1)NC(=O)OC(C)(C)C. The Hall–Kier alpha value is -3.17. The molecule has 1 aromatic carbocycles. The Morgan fingerprint density at radius 1 is 1.35 bits per heavy atom. The molecule has 0 bridgehead atoms. The molecule has 0 aromatic heterocycles. The number of allylic oxidation sites excluding steroid dienone is 1. The summed E-state index contributed by atoms with van der Waals surface area (Å²) in [4.78, 5) is 19.2. The zero-order valence-corrected chi connectivity index (χ0v) is 20.5. The molecule has 0 spiro atoms. The number of aliphatic imine (C=N–C) groups is 1. The minimum Gasteiger partial charge on any atom is -0.444 e. The molecule has 1 saturated heterocycles. The van der Waals surface area contributed by atoms with Gasteiger partial charge in [-0.2, -0.15) is 0 Å². The molecule has 0 saturated carbocycles. The van der Waals surface area contributed by atoms with Crippen LogP contribution in [0.15, 0.2) is 52.9 Å². The molecule has 0 aliphatic carbocycles. The molecule has 184 valence electrons. The molecule has 9 nitrogen and oxygen atoms in total. The molecule has 0 radical (unpaired) electrons. The smallest absolute Gasteiger partial charge is 0.411 e. The maximum atomic E-state index is 12.0. The van der Waals surface area contributed by atoms with Crippen LogP contribution in [-0.4, -0.2) is 61.0 Å². The van der Waals surface area contributed by atoms with Crippen molar-refractivity contribution in [1.29, 1.82) is 5.41 Å². The van der Waals surface area contributed by atoms with Crippen LogP contribution in [0.2, 0.25) is 0 Å². The molecule has 2 heterocycles. The van der Waals surface area contributed by atoms with Gasteiger partial charge in [-0.15, -0.1) is 0 Å². The van der Waals surface area contributed by atoms with Crippen molar-refractivity contribution in [3.8, 4) is 0 Å². The summed E-state index contributed by atoms with van der Waals surface area (Å²) in [6.45, 7) is 11.3. The first kappa shape index (κ1) is 25.5. The number of nitrogens with zero attached hydrogens (tertiary/aromatic N) is 2. The van der Waals surface area contributed by atoms with E-state index in [2.05, 4.69) is 21.6 Å². The van der Waals surface area contributed by atoms with Crippen LogP contribution in [0.5, 0.6) is 0 Å². The van der Waals surface area contributed by atoms with E-state index in [1.165, 1.54) is 6.08 Å². The number of carbonyl (C=O) groups is 1. The van der Waals surface area contributed by atoms with Gasteiger partial charge in [0.2, 0.25) is 0 Å². The van der Waals surface area contributed by atoms with Crippen molar-refractivity contribution in [2.24, 2.45) is 10.9 Å². The van der Waals surface area contributed by atoms with E-state index in [-0.39, 0.29) is 11.8 Å². The van der Waals surface area contributed by atoms with Gasteiger partial charge in [-0.25, -0.2) is 9.79 Å². The highest BCUT2D eigenvalue weighted by Gasteiger charge is 2.22. The van der Waals surface area contributed by atoms with Crippen molar-refractivity contribution in [1.82, 2.24) is 15.5 Å². The fourth-order valence-corrected chi connectivity index (χ4v) is 3.85. The van der Waals surface area contributed by atoms with Crippen LogP contribution in [0.25, 0.3) is 0 Å². The monoisotopic (exact) mass is 468 g/mol. The number of morpholine rings is 1.